The number of carbonyl (C=O) groups is 3. The molecule has 2 aliphatic rings. The van der Waals surface area contributed by atoms with E-state index in [-0.39, 0.29) is 6.61 Å². The minimum absolute atomic E-state index is 0.178. The maximum Gasteiger partial charge on any atom is 0.321 e. The van der Waals surface area contributed by atoms with Crippen LogP contribution in [0.4, 0.5) is 0 Å². The van der Waals surface area contributed by atoms with E-state index in [1.54, 1.807) is 24.0 Å². The lowest BCUT2D eigenvalue weighted by Gasteiger charge is -2.37. The Labute approximate surface area is 144 Å². The van der Waals surface area contributed by atoms with Gasteiger partial charge >= 0.3 is 5.97 Å². The van der Waals surface area contributed by atoms with E-state index in [0.717, 1.165) is 6.41 Å². The molecule has 0 saturated carbocycles. The van der Waals surface area contributed by atoms with Gasteiger partial charge in [0.25, 0.3) is 0 Å². The fourth-order valence-corrected chi connectivity index (χ4v) is 2.93. The van der Waals surface area contributed by atoms with Gasteiger partial charge < -0.3 is 19.0 Å². The lowest BCUT2D eigenvalue weighted by Crippen LogP contribution is -2.57. The molecule has 1 aromatic heterocycles. The summed E-state index contributed by atoms with van der Waals surface area (Å²) >= 11 is 0. The molecule has 0 radical (unpaired) electrons. The van der Waals surface area contributed by atoms with E-state index >= 15 is 0 Å². The molecule has 3 rings (SSSR count). The third-order valence-corrected chi connectivity index (χ3v) is 4.23. The second-order valence-electron chi connectivity index (χ2n) is 5.76. The van der Waals surface area contributed by atoms with E-state index in [1.807, 2.05) is 4.90 Å². The average Bonchev–Trinajstić information content (AvgIpc) is 3.16. The zero-order valence-electron chi connectivity index (χ0n) is 13.9. The van der Waals surface area contributed by atoms with E-state index in [0.29, 0.717) is 37.9 Å². The Morgan fingerprint density at radius 3 is 2.80 bits per heavy atom. The van der Waals surface area contributed by atoms with Gasteiger partial charge in [-0.25, -0.2) is 4.99 Å². The molecule has 2 atom stereocenters. The van der Waals surface area contributed by atoms with Gasteiger partial charge in [-0.1, -0.05) is 0 Å². The van der Waals surface area contributed by atoms with Gasteiger partial charge in [-0.3, -0.25) is 19.7 Å². The molecule has 9 heteroatoms. The summed E-state index contributed by atoms with van der Waals surface area (Å²) in [4.78, 5) is 43.7. The largest absolute Gasteiger partial charge is 0.467 e. The molecule has 2 amide bonds. The van der Waals surface area contributed by atoms with Gasteiger partial charge in [0.1, 0.15) is 11.8 Å². The maximum atomic E-state index is 12.6. The summed E-state index contributed by atoms with van der Waals surface area (Å²) in [5.74, 6) is -1.38. The van der Waals surface area contributed by atoms with Crippen LogP contribution in [0.1, 0.15) is 18.7 Å². The second kappa shape index (κ2) is 7.37. The molecule has 0 unspecified atom stereocenters. The third-order valence-electron chi connectivity index (χ3n) is 4.23. The summed E-state index contributed by atoms with van der Waals surface area (Å²) in [6.45, 7) is 4.05. The predicted octanol–water partition coefficient (Wildman–Crippen LogP) is -0.240. The first-order chi connectivity index (χ1) is 12.1. The minimum atomic E-state index is -1.09. The summed E-state index contributed by atoms with van der Waals surface area (Å²) in [6.07, 6.45) is 2.28. The van der Waals surface area contributed by atoms with E-state index in [2.05, 4.69) is 10.3 Å². The molecule has 0 bridgehead atoms. The number of amides is 2. The first-order valence-electron chi connectivity index (χ1n) is 8.17. The Balaban J connectivity index is 1.86. The van der Waals surface area contributed by atoms with Gasteiger partial charge in [0.05, 0.1) is 12.9 Å². The highest BCUT2D eigenvalue weighted by Gasteiger charge is 2.43. The molecule has 1 saturated heterocycles. The van der Waals surface area contributed by atoms with Crippen molar-refractivity contribution in [3.05, 3.63) is 24.2 Å². The van der Waals surface area contributed by atoms with Crippen LogP contribution in [0.25, 0.3) is 0 Å². The highest BCUT2D eigenvalue weighted by atomic mass is 16.5. The van der Waals surface area contributed by atoms with Crippen LogP contribution in [-0.4, -0.2) is 66.8 Å². The van der Waals surface area contributed by atoms with Crippen LogP contribution in [0.15, 0.2) is 27.8 Å². The van der Waals surface area contributed by atoms with Crippen LogP contribution in [0.3, 0.4) is 0 Å². The van der Waals surface area contributed by atoms with Crippen molar-refractivity contribution >= 4 is 24.2 Å². The first kappa shape index (κ1) is 17.0. The molecule has 1 N–H and O–H groups in total. The van der Waals surface area contributed by atoms with Gasteiger partial charge in [-0.15, -0.1) is 0 Å². The molecular formula is C16H20N4O5. The number of esters is 1. The minimum Gasteiger partial charge on any atom is -0.467 e. The highest BCUT2D eigenvalue weighted by molar-refractivity contribution is 6.08. The Bertz CT molecular complexity index is 664. The molecule has 134 valence electrons. The van der Waals surface area contributed by atoms with Gasteiger partial charge in [-0.2, -0.15) is 0 Å². The van der Waals surface area contributed by atoms with Crippen molar-refractivity contribution in [2.24, 2.45) is 10.9 Å². The molecule has 9 nitrogen and oxygen atoms in total. The lowest BCUT2D eigenvalue weighted by molar-refractivity contribution is -0.153. The third kappa shape index (κ3) is 3.49. The second-order valence-corrected chi connectivity index (χ2v) is 5.76. The van der Waals surface area contributed by atoms with Crippen molar-refractivity contribution in [1.82, 2.24) is 15.1 Å². The van der Waals surface area contributed by atoms with Crippen molar-refractivity contribution in [1.29, 1.82) is 0 Å². The Morgan fingerprint density at radius 2 is 2.20 bits per heavy atom. The lowest BCUT2D eigenvalue weighted by atomic mass is 9.95. The molecule has 0 aromatic carbocycles. The van der Waals surface area contributed by atoms with Crippen LogP contribution < -0.4 is 5.32 Å². The normalized spacial score (nSPS) is 23.7. The molecule has 25 heavy (non-hydrogen) atoms. The number of piperazine rings is 1. The number of furan rings is 1. The van der Waals surface area contributed by atoms with Crippen molar-refractivity contribution in [3.8, 4) is 0 Å². The average molecular weight is 348 g/mol. The molecule has 1 fully saturated rings. The fourth-order valence-electron chi connectivity index (χ4n) is 2.93. The van der Waals surface area contributed by atoms with Crippen molar-refractivity contribution in [2.75, 3.05) is 32.8 Å². The zero-order chi connectivity index (χ0) is 17.8. The van der Waals surface area contributed by atoms with E-state index < -0.39 is 23.8 Å². The molecule has 3 heterocycles. The number of ether oxygens (including phenoxy) is 1. The number of guanidine groups is 1. The Morgan fingerprint density at radius 1 is 1.44 bits per heavy atom. The number of hydrogen-bond donors (Lipinski definition) is 1. The molecule has 0 aliphatic carbocycles. The zero-order valence-corrected chi connectivity index (χ0v) is 13.9. The quantitative estimate of drug-likeness (QED) is 0.457. The standard InChI is InChI=1S/C16H20N4O5/c1-2-24-15(23)12-13(11-4-3-9-25-11)17-16(18-14(12)22)20-7-5-19(10-21)6-8-20/h3-4,9-10,12-13H,2,5-8H2,1H3,(H,17,18,22)/t12-,13+/m1/s1. The van der Waals surface area contributed by atoms with Gasteiger partial charge in [0, 0.05) is 26.2 Å². The number of aliphatic imine (C=N–C) groups is 1. The summed E-state index contributed by atoms with van der Waals surface area (Å²) in [7, 11) is 0. The van der Waals surface area contributed by atoms with E-state index in [9.17, 15) is 14.4 Å². The summed E-state index contributed by atoms with van der Waals surface area (Å²) < 4.78 is 10.4. The first-order valence-corrected chi connectivity index (χ1v) is 8.17. The van der Waals surface area contributed by atoms with E-state index in [1.165, 1.54) is 6.26 Å². The fraction of sp³-hybridized carbons (Fsp3) is 0.500. The molecule has 0 spiro atoms. The molecular weight excluding hydrogens is 328 g/mol. The molecule has 1 aromatic rings. The van der Waals surface area contributed by atoms with Crippen LogP contribution in [0.2, 0.25) is 0 Å². The van der Waals surface area contributed by atoms with Gasteiger partial charge in [0.2, 0.25) is 18.3 Å². The summed E-state index contributed by atoms with van der Waals surface area (Å²) in [5.41, 5.74) is 0. The van der Waals surface area contributed by atoms with Crippen molar-refractivity contribution < 1.29 is 23.5 Å². The highest BCUT2D eigenvalue weighted by Crippen LogP contribution is 2.31. The van der Waals surface area contributed by atoms with Crippen LogP contribution in [0.5, 0.6) is 0 Å². The van der Waals surface area contributed by atoms with Gasteiger partial charge in [-0.05, 0) is 19.1 Å². The van der Waals surface area contributed by atoms with Crippen LogP contribution in [0, 0.1) is 5.92 Å². The Hall–Kier alpha value is -2.84. The maximum absolute atomic E-state index is 12.6. The number of nitrogens with one attached hydrogen (secondary N) is 1. The summed E-state index contributed by atoms with van der Waals surface area (Å²) in [5, 5.41) is 2.69. The Kier molecular flexibility index (Phi) is 5.01. The SMILES string of the molecule is CCOC(=O)[C@H]1C(=O)NC(N2CCN(C=O)CC2)=N[C@H]1c1ccco1. The van der Waals surface area contributed by atoms with Crippen molar-refractivity contribution in [2.45, 2.75) is 13.0 Å². The van der Waals surface area contributed by atoms with E-state index in [4.69, 9.17) is 9.15 Å². The topological polar surface area (TPSA) is 104 Å². The smallest absolute Gasteiger partial charge is 0.321 e. The van der Waals surface area contributed by atoms with Crippen LogP contribution in [-0.2, 0) is 19.1 Å². The van der Waals surface area contributed by atoms with Gasteiger partial charge in [0.15, 0.2) is 5.92 Å². The molecule has 2 aliphatic heterocycles. The monoisotopic (exact) mass is 348 g/mol. The van der Waals surface area contributed by atoms with Crippen LogP contribution >= 0.6 is 0 Å². The number of hydrogen-bond acceptors (Lipinski definition) is 7. The number of rotatable bonds is 4. The predicted molar refractivity (Wildman–Crippen MR) is 86.4 cm³/mol. The number of carbonyl (C=O) groups excluding carboxylic acids is 3. The van der Waals surface area contributed by atoms with Crippen molar-refractivity contribution in [3.63, 3.8) is 0 Å². The number of nitrogens with zero attached hydrogens (tertiary/aromatic N) is 3. The summed E-state index contributed by atoms with van der Waals surface area (Å²) in [6, 6.07) is 2.59.